The number of primary amides is 1. The zero-order valence-electron chi connectivity index (χ0n) is 43.2. The van der Waals surface area contributed by atoms with E-state index in [0.717, 1.165) is 36.9 Å². The van der Waals surface area contributed by atoms with Gasteiger partial charge < -0.3 is 60.3 Å². The van der Waals surface area contributed by atoms with Crippen molar-refractivity contribution in [3.8, 4) is 5.75 Å². The molecule has 20 nitrogen and oxygen atoms in total. The molecule has 0 radical (unpaired) electrons. The number of nitrogens with one attached hydrogen (secondary N) is 4. The Bertz CT molecular complexity index is 2490. The molecule has 4 heterocycles. The number of carbonyl (C=O) groups is 6. The molecule has 1 aromatic carbocycles. The van der Waals surface area contributed by atoms with Crippen molar-refractivity contribution in [2.75, 3.05) is 84.9 Å². The molecule has 6 atom stereocenters. The van der Waals surface area contributed by atoms with Crippen molar-refractivity contribution in [1.82, 2.24) is 30.8 Å². The Morgan fingerprint density at radius 1 is 0.844 bits per heavy atom. The number of benzene rings is 1. The van der Waals surface area contributed by atoms with E-state index in [9.17, 15) is 46.3 Å². The van der Waals surface area contributed by atoms with Crippen molar-refractivity contribution in [2.45, 2.75) is 94.7 Å². The Hall–Kier alpha value is -6.41. The van der Waals surface area contributed by atoms with Crippen LogP contribution in [0.4, 0.5) is 27.6 Å². The largest absolute Gasteiger partial charge is 0.488 e. The normalized spacial score (nSPS) is 23.4. The molecule has 6 N–H and O–H groups in total. The second-order valence-electron chi connectivity index (χ2n) is 19.2. The molecule has 2 saturated heterocycles. The van der Waals surface area contributed by atoms with Gasteiger partial charge in [-0.05, 0) is 68.9 Å². The van der Waals surface area contributed by atoms with E-state index in [1.165, 1.54) is 13.0 Å². The summed E-state index contributed by atoms with van der Waals surface area (Å²) < 4.78 is 107. The molecule has 3 aliphatic rings. The topological polar surface area (TPSA) is 261 Å². The second kappa shape index (κ2) is 28.3. The van der Waals surface area contributed by atoms with Gasteiger partial charge >= 0.3 is 6.18 Å². The molecule has 2 aliphatic heterocycles. The average Bonchev–Trinajstić information content (AvgIpc) is 3.95. The third-order valence-corrected chi connectivity index (χ3v) is 14.1. The maximum atomic E-state index is 15.4. The lowest BCUT2D eigenvalue weighted by Crippen LogP contribution is -2.47. The summed E-state index contributed by atoms with van der Waals surface area (Å²) in [7, 11) is 1.68. The quantitative estimate of drug-likeness (QED) is 0.0503. The fourth-order valence-electron chi connectivity index (χ4n) is 9.67. The van der Waals surface area contributed by atoms with E-state index < -0.39 is 64.8 Å². The number of nitrogens with two attached hydrogens (primary N) is 1. The summed E-state index contributed by atoms with van der Waals surface area (Å²) in [5.41, 5.74) is 2.67. The highest BCUT2D eigenvalue weighted by molar-refractivity contribution is 5.97. The van der Waals surface area contributed by atoms with E-state index in [-0.39, 0.29) is 124 Å². The number of amides is 6. The van der Waals surface area contributed by atoms with Crippen molar-refractivity contribution in [3.05, 3.63) is 83.4 Å². The van der Waals surface area contributed by atoms with Crippen LogP contribution in [0.3, 0.4) is 0 Å². The summed E-state index contributed by atoms with van der Waals surface area (Å²) in [4.78, 5) is 85.3. The first-order valence-electron chi connectivity index (χ1n) is 25.5. The molecule has 0 bridgehead atoms. The number of nitrogens with zero attached hydrogens (tertiary/aromatic N) is 3. The van der Waals surface area contributed by atoms with Crippen molar-refractivity contribution >= 4 is 41.1 Å². The molecule has 422 valence electrons. The molecule has 1 aliphatic carbocycles. The van der Waals surface area contributed by atoms with Gasteiger partial charge in [0.2, 0.25) is 29.4 Å². The number of halogens is 5. The van der Waals surface area contributed by atoms with Crippen LogP contribution in [0.2, 0.25) is 0 Å². The molecular weight excluding hydrogens is 1020 g/mol. The lowest BCUT2D eigenvalue weighted by molar-refractivity contribution is -0.272. The number of hydrogen-bond acceptors (Lipinski definition) is 14. The fraction of sp³-hybridized carbons (Fsp3) is 0.577. The van der Waals surface area contributed by atoms with Gasteiger partial charge in [-0.2, -0.15) is 17.6 Å². The summed E-state index contributed by atoms with van der Waals surface area (Å²) in [5.74, 6) is -9.90. The number of anilines is 1. The standard InChI is InChI=1S/C52H67F5N8O12/c1-31-42(46(77-51(31,2)52(55,56)57)50(71)64-35-13-17-60-39(28-35)47(58)68)36-11-12-38(53)43(54)45(36)76-27-26-72-19-5-16-61-48(69)32-7-9-34(10-8-32)63-40(66)14-20-73-22-24-75-25-23-74-21-18-62-49(70)37-29-41(67)65(3)44(37)33-6-4-15-59-30-33/h4,6,11-13,15,17,28,30-32,34,37,42,44,46H,5,7-10,14,16,18-27,29H2,1-3H3,(H2,58,68)(H,61,69)(H,62,70)(H,63,66)(H,60,64,71)/t31-,32?,34?,37-,42-,44+,46+,51+/m0/s1. The van der Waals surface area contributed by atoms with E-state index in [1.807, 2.05) is 6.07 Å². The number of rotatable bonds is 28. The average molecular weight is 1090 g/mol. The maximum Gasteiger partial charge on any atom is 0.417 e. The van der Waals surface area contributed by atoms with Gasteiger partial charge in [0.05, 0.1) is 58.2 Å². The molecule has 6 amide bonds. The first kappa shape index (κ1) is 59.8. The minimum Gasteiger partial charge on any atom is -0.488 e. The van der Waals surface area contributed by atoms with Crippen LogP contribution < -0.4 is 31.7 Å². The number of likely N-dealkylation sites (tertiary alicyclic amines) is 1. The highest BCUT2D eigenvalue weighted by Gasteiger charge is 2.66. The number of pyridine rings is 2. The van der Waals surface area contributed by atoms with E-state index in [1.54, 1.807) is 30.4 Å². The van der Waals surface area contributed by atoms with Gasteiger partial charge in [-0.25, -0.2) is 4.39 Å². The van der Waals surface area contributed by atoms with E-state index in [4.69, 9.17) is 34.2 Å². The Morgan fingerprint density at radius 3 is 2.21 bits per heavy atom. The van der Waals surface area contributed by atoms with Crippen LogP contribution in [0.1, 0.15) is 92.4 Å². The van der Waals surface area contributed by atoms with Crippen molar-refractivity contribution in [2.24, 2.45) is 23.5 Å². The SMILES string of the molecule is C[C@H]1[C@@H](c2ccc(F)c(F)c2OCCOCCCNC(=O)C2CCC(NC(=O)CCOCCOCCOCCNC(=O)[C@H]3CC(=O)N(C)[C@@H]3c3cccnc3)CC2)[C@H](C(=O)Nc2ccnc(C(N)=O)c2)O[C@@]1(C)C(F)(F)F. The van der Waals surface area contributed by atoms with Gasteiger partial charge in [0.15, 0.2) is 17.2 Å². The third kappa shape index (κ3) is 16.1. The van der Waals surface area contributed by atoms with Gasteiger partial charge in [-0.3, -0.25) is 38.7 Å². The van der Waals surface area contributed by atoms with Crippen LogP contribution in [0, 0.1) is 29.4 Å². The van der Waals surface area contributed by atoms with Gasteiger partial charge in [0.1, 0.15) is 18.4 Å². The molecule has 2 aromatic heterocycles. The Labute approximate surface area is 442 Å². The predicted molar refractivity (Wildman–Crippen MR) is 265 cm³/mol. The minimum atomic E-state index is -4.99. The molecule has 25 heteroatoms. The van der Waals surface area contributed by atoms with E-state index in [2.05, 4.69) is 31.2 Å². The number of ether oxygens (including phenoxy) is 6. The van der Waals surface area contributed by atoms with Crippen LogP contribution in [-0.2, 0) is 47.7 Å². The van der Waals surface area contributed by atoms with Crippen LogP contribution in [0.15, 0.2) is 55.0 Å². The number of aromatic nitrogens is 2. The van der Waals surface area contributed by atoms with Gasteiger partial charge in [0.25, 0.3) is 11.8 Å². The monoisotopic (exact) mass is 1090 g/mol. The van der Waals surface area contributed by atoms with Crippen molar-refractivity contribution < 1.29 is 79.1 Å². The van der Waals surface area contributed by atoms with E-state index in [0.29, 0.717) is 51.9 Å². The molecule has 0 spiro atoms. The summed E-state index contributed by atoms with van der Waals surface area (Å²) in [5, 5.41) is 11.1. The van der Waals surface area contributed by atoms with Crippen molar-refractivity contribution in [1.29, 1.82) is 0 Å². The smallest absolute Gasteiger partial charge is 0.417 e. The molecule has 1 saturated carbocycles. The first-order valence-corrected chi connectivity index (χ1v) is 25.5. The molecule has 6 rings (SSSR count). The van der Waals surface area contributed by atoms with Gasteiger partial charge in [-0.15, -0.1) is 0 Å². The molecule has 3 aromatic rings. The Balaban J connectivity index is 0.798. The fourth-order valence-corrected chi connectivity index (χ4v) is 9.67. The molecule has 0 unspecified atom stereocenters. The highest BCUT2D eigenvalue weighted by atomic mass is 19.4. The number of hydrogen-bond donors (Lipinski definition) is 5. The number of carbonyl (C=O) groups excluding carboxylic acids is 6. The van der Waals surface area contributed by atoms with Crippen LogP contribution in [-0.4, -0.2) is 154 Å². The zero-order valence-corrected chi connectivity index (χ0v) is 43.2. The van der Waals surface area contributed by atoms with Crippen LogP contribution >= 0.6 is 0 Å². The molecule has 77 heavy (non-hydrogen) atoms. The molecular formula is C52H67F5N8O12. The van der Waals surface area contributed by atoms with Gasteiger partial charge in [-0.1, -0.05) is 19.1 Å². The zero-order chi connectivity index (χ0) is 55.7. The van der Waals surface area contributed by atoms with Crippen molar-refractivity contribution in [3.63, 3.8) is 0 Å². The maximum absolute atomic E-state index is 15.4. The Kier molecular flexibility index (Phi) is 22.0. The second-order valence-corrected chi connectivity index (χ2v) is 19.2. The highest BCUT2D eigenvalue weighted by Crippen LogP contribution is 2.55. The summed E-state index contributed by atoms with van der Waals surface area (Å²) in [6.45, 7) is 3.85. The first-order chi connectivity index (χ1) is 36.8. The molecule has 3 fully saturated rings. The number of alkyl halides is 3. The van der Waals surface area contributed by atoms with Crippen LogP contribution in [0.25, 0.3) is 0 Å². The Morgan fingerprint density at radius 2 is 1.52 bits per heavy atom. The lowest BCUT2D eigenvalue weighted by atomic mass is 9.77. The van der Waals surface area contributed by atoms with E-state index >= 15 is 4.39 Å². The summed E-state index contributed by atoms with van der Waals surface area (Å²) >= 11 is 0. The summed E-state index contributed by atoms with van der Waals surface area (Å²) in [6, 6.07) is 7.33. The van der Waals surface area contributed by atoms with Gasteiger partial charge in [0, 0.05) is 93.2 Å². The third-order valence-electron chi connectivity index (χ3n) is 14.1. The predicted octanol–water partition coefficient (Wildman–Crippen LogP) is 4.28. The lowest BCUT2D eigenvalue weighted by Gasteiger charge is -2.32. The minimum absolute atomic E-state index is 0.0251. The van der Waals surface area contributed by atoms with Crippen LogP contribution in [0.5, 0.6) is 5.75 Å². The summed E-state index contributed by atoms with van der Waals surface area (Å²) in [6.07, 6.45) is 0.684.